The molecule has 0 spiro atoms. The summed E-state index contributed by atoms with van der Waals surface area (Å²) in [6.45, 7) is 2.74. The van der Waals surface area contributed by atoms with Gasteiger partial charge in [0.15, 0.2) is 5.78 Å². The highest BCUT2D eigenvalue weighted by molar-refractivity contribution is 6.00. The van der Waals surface area contributed by atoms with Crippen molar-refractivity contribution in [1.82, 2.24) is 0 Å². The van der Waals surface area contributed by atoms with Crippen molar-refractivity contribution in [2.24, 2.45) is 17.8 Å². The first-order valence-corrected chi connectivity index (χ1v) is 7.59. The van der Waals surface area contributed by atoms with Gasteiger partial charge in [-0.15, -0.1) is 0 Å². The lowest BCUT2D eigenvalue weighted by atomic mass is 9.87. The highest BCUT2D eigenvalue weighted by Gasteiger charge is 2.41. The molecule has 0 aromatic heterocycles. The molecule has 1 aliphatic heterocycles. The van der Waals surface area contributed by atoms with Crippen LogP contribution in [0.1, 0.15) is 42.1 Å². The van der Waals surface area contributed by atoms with Gasteiger partial charge in [0.2, 0.25) is 0 Å². The van der Waals surface area contributed by atoms with Gasteiger partial charge in [-0.25, -0.2) is 0 Å². The van der Waals surface area contributed by atoms with Crippen molar-refractivity contribution in [3.05, 3.63) is 29.3 Å². The van der Waals surface area contributed by atoms with Crippen LogP contribution in [-0.4, -0.2) is 23.5 Å². The molecule has 112 valence electrons. The number of rotatable bonds is 3. The Balaban J connectivity index is 1.86. The summed E-state index contributed by atoms with van der Waals surface area (Å²) in [7, 11) is 0. The number of carboxylic acid groups (broad SMARTS) is 1. The number of aryl methyl sites for hydroxylation is 1. The van der Waals surface area contributed by atoms with Crippen molar-refractivity contribution in [2.75, 3.05) is 6.61 Å². The molecule has 0 saturated heterocycles. The molecule has 0 bridgehead atoms. The zero-order valence-electron chi connectivity index (χ0n) is 12.2. The highest BCUT2D eigenvalue weighted by Crippen LogP contribution is 2.39. The number of fused-ring (bicyclic) bond motifs is 1. The Morgan fingerprint density at radius 1 is 1.24 bits per heavy atom. The zero-order chi connectivity index (χ0) is 15.0. The number of Topliss-reactive ketones (excluding diaryl/α,β-unsaturated/α-hetero) is 1. The first-order valence-electron chi connectivity index (χ1n) is 7.59. The molecule has 3 atom stereocenters. The molecule has 21 heavy (non-hydrogen) atoms. The van der Waals surface area contributed by atoms with Gasteiger partial charge in [-0.2, -0.15) is 0 Å². The molecule has 1 fully saturated rings. The molecule has 0 amide bonds. The fourth-order valence-corrected chi connectivity index (χ4v) is 3.58. The first-order chi connectivity index (χ1) is 10.1. The Labute approximate surface area is 124 Å². The average Bonchev–Trinajstić information content (AvgIpc) is 2.88. The third-order valence-corrected chi connectivity index (χ3v) is 4.65. The van der Waals surface area contributed by atoms with Crippen LogP contribution < -0.4 is 4.74 Å². The van der Waals surface area contributed by atoms with E-state index in [4.69, 9.17) is 4.74 Å². The predicted molar refractivity (Wildman–Crippen MR) is 77.6 cm³/mol. The van der Waals surface area contributed by atoms with Crippen molar-refractivity contribution < 1.29 is 19.4 Å². The second-order valence-electron chi connectivity index (χ2n) is 6.27. The third kappa shape index (κ3) is 2.67. The number of carbonyl (C=O) groups excluding carboxylic acids is 1. The molecule has 4 heteroatoms. The van der Waals surface area contributed by atoms with E-state index < -0.39 is 11.9 Å². The summed E-state index contributed by atoms with van der Waals surface area (Å²) in [5, 5.41) is 9.32. The van der Waals surface area contributed by atoms with Crippen LogP contribution in [0.4, 0.5) is 0 Å². The fourth-order valence-electron chi connectivity index (χ4n) is 3.58. The second kappa shape index (κ2) is 5.51. The van der Waals surface area contributed by atoms with Crippen LogP contribution >= 0.6 is 0 Å². The predicted octanol–water partition coefficient (Wildman–Crippen LogP) is 2.94. The molecule has 0 radical (unpaired) electrons. The van der Waals surface area contributed by atoms with Crippen molar-refractivity contribution in [3.63, 3.8) is 0 Å². The van der Waals surface area contributed by atoms with Gasteiger partial charge in [0.05, 0.1) is 12.5 Å². The third-order valence-electron chi connectivity index (χ3n) is 4.65. The van der Waals surface area contributed by atoms with Gasteiger partial charge < -0.3 is 9.84 Å². The van der Waals surface area contributed by atoms with Crippen LogP contribution in [0, 0.1) is 17.8 Å². The topological polar surface area (TPSA) is 63.6 Å². The Bertz CT molecular complexity index is 578. The lowest BCUT2D eigenvalue weighted by Crippen LogP contribution is -2.25. The summed E-state index contributed by atoms with van der Waals surface area (Å²) >= 11 is 0. The number of benzene rings is 1. The van der Waals surface area contributed by atoms with Crippen LogP contribution in [0.25, 0.3) is 0 Å². The fraction of sp³-hybridized carbons (Fsp3) is 0.529. The van der Waals surface area contributed by atoms with E-state index in [9.17, 15) is 14.7 Å². The molecule has 1 saturated carbocycles. The molecule has 3 rings (SSSR count). The lowest BCUT2D eigenvalue weighted by Gasteiger charge is -2.19. The molecule has 1 N–H and O–H groups in total. The smallest absolute Gasteiger partial charge is 0.307 e. The second-order valence-corrected chi connectivity index (χ2v) is 6.27. The van der Waals surface area contributed by atoms with Crippen LogP contribution in [-0.2, 0) is 11.2 Å². The van der Waals surface area contributed by atoms with Crippen LogP contribution in [0.3, 0.4) is 0 Å². The molecule has 1 aromatic carbocycles. The van der Waals surface area contributed by atoms with E-state index in [0.29, 0.717) is 24.3 Å². The van der Waals surface area contributed by atoms with E-state index in [2.05, 4.69) is 0 Å². The van der Waals surface area contributed by atoms with Gasteiger partial charge in [-0.3, -0.25) is 9.59 Å². The number of ether oxygens (including phenoxy) is 1. The van der Waals surface area contributed by atoms with Gasteiger partial charge in [0.25, 0.3) is 0 Å². The van der Waals surface area contributed by atoms with Gasteiger partial charge in [0, 0.05) is 11.5 Å². The number of ketones is 1. The van der Waals surface area contributed by atoms with E-state index in [-0.39, 0.29) is 11.7 Å². The Morgan fingerprint density at radius 3 is 2.76 bits per heavy atom. The monoisotopic (exact) mass is 288 g/mol. The van der Waals surface area contributed by atoms with Crippen molar-refractivity contribution >= 4 is 11.8 Å². The lowest BCUT2D eigenvalue weighted by molar-refractivity contribution is -0.142. The summed E-state index contributed by atoms with van der Waals surface area (Å²) in [5.41, 5.74) is 1.69. The Hall–Kier alpha value is -1.84. The molecular formula is C17H20O4. The maximum Gasteiger partial charge on any atom is 0.307 e. The minimum atomic E-state index is -0.848. The van der Waals surface area contributed by atoms with Crippen molar-refractivity contribution in [1.29, 1.82) is 0 Å². The largest absolute Gasteiger partial charge is 0.493 e. The van der Waals surface area contributed by atoms with E-state index >= 15 is 0 Å². The molecule has 1 heterocycles. The molecule has 2 aliphatic rings. The van der Waals surface area contributed by atoms with Crippen LogP contribution in [0.5, 0.6) is 5.75 Å². The van der Waals surface area contributed by atoms with E-state index in [0.717, 1.165) is 30.8 Å². The summed E-state index contributed by atoms with van der Waals surface area (Å²) in [4.78, 5) is 24.0. The van der Waals surface area contributed by atoms with Gasteiger partial charge >= 0.3 is 5.97 Å². The summed E-state index contributed by atoms with van der Waals surface area (Å²) in [6, 6.07) is 5.50. The number of aliphatic carboxylic acids is 1. The minimum absolute atomic E-state index is 0.0277. The number of carbonyl (C=O) groups is 2. The van der Waals surface area contributed by atoms with Crippen molar-refractivity contribution in [3.8, 4) is 5.75 Å². The maximum atomic E-state index is 12.7. The maximum absolute atomic E-state index is 12.7. The van der Waals surface area contributed by atoms with Gasteiger partial charge in [-0.1, -0.05) is 6.92 Å². The van der Waals surface area contributed by atoms with E-state index in [1.807, 2.05) is 19.1 Å². The van der Waals surface area contributed by atoms with Gasteiger partial charge in [0.1, 0.15) is 5.75 Å². The summed E-state index contributed by atoms with van der Waals surface area (Å²) < 4.78 is 5.55. The summed E-state index contributed by atoms with van der Waals surface area (Å²) in [6.07, 6.45) is 3.14. The molecule has 1 aromatic rings. The normalized spacial score (nSPS) is 27.8. The first kappa shape index (κ1) is 14.1. The molecule has 3 unspecified atom stereocenters. The van der Waals surface area contributed by atoms with Crippen LogP contribution in [0.2, 0.25) is 0 Å². The highest BCUT2D eigenvalue weighted by atomic mass is 16.5. The quantitative estimate of drug-likeness (QED) is 0.869. The standard InChI is InChI=1S/C17H20O4/c1-10-7-13(14(8-10)17(19)20)16(18)12-4-5-15-11(9-12)3-2-6-21-15/h4-5,9-10,13-14H,2-3,6-8H2,1H3,(H,19,20). The SMILES string of the molecule is CC1CC(C(=O)O)C(C(=O)c2ccc3c(c2)CCCO3)C1. The Kier molecular flexibility index (Phi) is 3.70. The average molecular weight is 288 g/mol. The molecule has 1 aliphatic carbocycles. The van der Waals surface area contributed by atoms with E-state index in [1.54, 1.807) is 6.07 Å². The van der Waals surface area contributed by atoms with Crippen molar-refractivity contribution in [2.45, 2.75) is 32.6 Å². The van der Waals surface area contributed by atoms with Crippen LogP contribution in [0.15, 0.2) is 18.2 Å². The molecular weight excluding hydrogens is 268 g/mol. The number of carboxylic acids is 1. The Morgan fingerprint density at radius 2 is 2.00 bits per heavy atom. The summed E-state index contributed by atoms with van der Waals surface area (Å²) in [5.74, 6) is -0.660. The molecule has 4 nitrogen and oxygen atoms in total. The van der Waals surface area contributed by atoms with E-state index in [1.165, 1.54) is 0 Å². The van der Waals surface area contributed by atoms with Gasteiger partial charge in [-0.05, 0) is 55.4 Å². The number of hydrogen-bond acceptors (Lipinski definition) is 3. The zero-order valence-corrected chi connectivity index (χ0v) is 12.2. The number of hydrogen-bond donors (Lipinski definition) is 1. The minimum Gasteiger partial charge on any atom is -0.493 e.